The smallest absolute Gasteiger partial charge is 0.257 e. The summed E-state index contributed by atoms with van der Waals surface area (Å²) in [5.41, 5.74) is 1.91. The van der Waals surface area contributed by atoms with Gasteiger partial charge in [0.1, 0.15) is 5.82 Å². The van der Waals surface area contributed by atoms with E-state index in [9.17, 15) is 9.18 Å². The van der Waals surface area contributed by atoms with Crippen molar-refractivity contribution < 1.29 is 13.9 Å². The molecule has 0 aliphatic carbocycles. The number of anilines is 2. The molecule has 8 heteroatoms. The number of amides is 1. The van der Waals surface area contributed by atoms with Crippen LogP contribution in [0.5, 0.6) is 0 Å². The third-order valence-electron chi connectivity index (χ3n) is 4.55. The van der Waals surface area contributed by atoms with E-state index in [1.165, 1.54) is 18.3 Å². The van der Waals surface area contributed by atoms with Gasteiger partial charge in [0.2, 0.25) is 0 Å². The molecule has 0 saturated carbocycles. The molecule has 1 saturated heterocycles. The predicted molar refractivity (Wildman–Crippen MR) is 108 cm³/mol. The van der Waals surface area contributed by atoms with Gasteiger partial charge in [-0.05, 0) is 36.4 Å². The van der Waals surface area contributed by atoms with Gasteiger partial charge in [0.25, 0.3) is 5.91 Å². The number of ether oxygens (including phenoxy) is 1. The van der Waals surface area contributed by atoms with Crippen LogP contribution in [0, 0.1) is 5.82 Å². The Hall–Kier alpha value is -2.41. The van der Waals surface area contributed by atoms with Crippen LogP contribution in [0.25, 0.3) is 10.9 Å². The van der Waals surface area contributed by atoms with E-state index in [0.717, 1.165) is 0 Å². The van der Waals surface area contributed by atoms with Crippen LogP contribution in [-0.4, -0.2) is 42.1 Å². The summed E-state index contributed by atoms with van der Waals surface area (Å²) >= 11 is 12.3. The van der Waals surface area contributed by atoms with E-state index < -0.39 is 5.82 Å². The van der Waals surface area contributed by atoms with Crippen LogP contribution < -0.4 is 5.32 Å². The van der Waals surface area contributed by atoms with Crippen molar-refractivity contribution in [2.24, 2.45) is 0 Å². The fourth-order valence-corrected chi connectivity index (χ4v) is 3.58. The standard InChI is InChI=1S/C20H16Cl2FN3O2/c21-12-1-3-18(16(22)9-12)25-19-14-10-13(23)2-4-17(14)24-11-15(19)20(27)26-5-7-28-8-6-26/h1-4,9-11H,5-8H2,(H,24,25). The van der Waals surface area contributed by atoms with E-state index in [-0.39, 0.29) is 5.91 Å². The molecule has 4 rings (SSSR count). The van der Waals surface area contributed by atoms with E-state index in [1.54, 1.807) is 29.2 Å². The quantitative estimate of drug-likeness (QED) is 0.655. The number of halogens is 3. The second-order valence-corrected chi connectivity index (χ2v) is 7.21. The number of nitrogens with zero attached hydrogens (tertiary/aromatic N) is 2. The fraction of sp³-hybridized carbons (Fsp3) is 0.200. The summed E-state index contributed by atoms with van der Waals surface area (Å²) in [6, 6.07) is 9.24. The minimum Gasteiger partial charge on any atom is -0.378 e. The lowest BCUT2D eigenvalue weighted by molar-refractivity contribution is 0.0303. The molecule has 0 radical (unpaired) electrons. The summed E-state index contributed by atoms with van der Waals surface area (Å²) in [7, 11) is 0. The number of carbonyl (C=O) groups is 1. The van der Waals surface area contributed by atoms with Gasteiger partial charge in [-0.15, -0.1) is 0 Å². The third-order valence-corrected chi connectivity index (χ3v) is 5.10. The Kier molecular flexibility index (Phi) is 5.35. The molecule has 0 atom stereocenters. The summed E-state index contributed by atoms with van der Waals surface area (Å²) in [5, 5.41) is 4.55. The minimum absolute atomic E-state index is 0.199. The molecule has 1 amide bonds. The molecule has 2 heterocycles. The van der Waals surface area contributed by atoms with Gasteiger partial charge in [0.05, 0.1) is 40.7 Å². The molecule has 0 unspecified atom stereocenters. The molecule has 2 aromatic carbocycles. The number of aromatic nitrogens is 1. The zero-order valence-corrected chi connectivity index (χ0v) is 16.2. The topological polar surface area (TPSA) is 54.5 Å². The van der Waals surface area contributed by atoms with Gasteiger partial charge in [-0.1, -0.05) is 23.2 Å². The average molecular weight is 420 g/mol. The molecule has 1 aliphatic rings. The lowest BCUT2D eigenvalue weighted by atomic mass is 10.1. The molecule has 0 spiro atoms. The van der Waals surface area contributed by atoms with Crippen molar-refractivity contribution in [1.82, 2.24) is 9.88 Å². The molecule has 0 bridgehead atoms. The Balaban J connectivity index is 1.84. The minimum atomic E-state index is -0.421. The second-order valence-electron chi connectivity index (χ2n) is 6.36. The SMILES string of the molecule is O=C(c1cnc2ccc(F)cc2c1Nc1ccc(Cl)cc1Cl)N1CCOCC1. The number of fused-ring (bicyclic) bond motifs is 1. The van der Waals surface area contributed by atoms with Crippen LogP contribution in [0.3, 0.4) is 0 Å². The molecular formula is C20H16Cl2FN3O2. The number of carbonyl (C=O) groups excluding carboxylic acids is 1. The van der Waals surface area contributed by atoms with Gasteiger partial charge in [0, 0.05) is 29.7 Å². The van der Waals surface area contributed by atoms with E-state index in [1.807, 2.05) is 0 Å². The monoisotopic (exact) mass is 419 g/mol. The zero-order chi connectivity index (χ0) is 19.7. The zero-order valence-electron chi connectivity index (χ0n) is 14.7. The highest BCUT2D eigenvalue weighted by molar-refractivity contribution is 6.36. The van der Waals surface area contributed by atoms with Crippen LogP contribution in [0.4, 0.5) is 15.8 Å². The molecule has 1 aliphatic heterocycles. The van der Waals surface area contributed by atoms with Crippen molar-refractivity contribution in [2.75, 3.05) is 31.6 Å². The Morgan fingerprint density at radius 1 is 1.14 bits per heavy atom. The number of benzene rings is 2. The van der Waals surface area contributed by atoms with Crippen molar-refractivity contribution in [3.8, 4) is 0 Å². The highest BCUT2D eigenvalue weighted by Crippen LogP contribution is 2.34. The van der Waals surface area contributed by atoms with Crippen LogP contribution in [0.2, 0.25) is 10.0 Å². The Bertz CT molecular complexity index is 1060. The summed E-state index contributed by atoms with van der Waals surface area (Å²) in [5.74, 6) is -0.620. The van der Waals surface area contributed by atoms with Gasteiger partial charge in [-0.25, -0.2) is 4.39 Å². The lowest BCUT2D eigenvalue weighted by Crippen LogP contribution is -2.41. The van der Waals surface area contributed by atoms with Gasteiger partial charge < -0.3 is 15.0 Å². The number of hydrogen-bond acceptors (Lipinski definition) is 4. The molecule has 144 valence electrons. The van der Waals surface area contributed by atoms with Crippen molar-refractivity contribution >= 4 is 51.4 Å². The number of pyridine rings is 1. The molecule has 1 aromatic heterocycles. The highest BCUT2D eigenvalue weighted by Gasteiger charge is 2.23. The van der Waals surface area contributed by atoms with Gasteiger partial charge in [-0.3, -0.25) is 9.78 Å². The van der Waals surface area contributed by atoms with Crippen LogP contribution >= 0.6 is 23.2 Å². The molecule has 1 N–H and O–H groups in total. The summed E-state index contributed by atoms with van der Waals surface area (Å²) < 4.78 is 19.3. The van der Waals surface area contributed by atoms with Crippen LogP contribution in [0.1, 0.15) is 10.4 Å². The molecule has 3 aromatic rings. The van der Waals surface area contributed by atoms with Crippen molar-refractivity contribution in [3.05, 3.63) is 64.0 Å². The van der Waals surface area contributed by atoms with E-state index in [4.69, 9.17) is 27.9 Å². The Labute approximate surface area is 171 Å². The summed E-state index contributed by atoms with van der Waals surface area (Å²) in [6.45, 7) is 1.93. The van der Waals surface area contributed by atoms with Crippen molar-refractivity contribution in [1.29, 1.82) is 0 Å². The van der Waals surface area contributed by atoms with E-state index in [0.29, 0.717) is 64.2 Å². The first kappa shape index (κ1) is 18.9. The predicted octanol–water partition coefficient (Wildman–Crippen LogP) is 4.90. The van der Waals surface area contributed by atoms with Crippen LogP contribution in [0.15, 0.2) is 42.6 Å². The number of morpholine rings is 1. The molecule has 5 nitrogen and oxygen atoms in total. The van der Waals surface area contributed by atoms with Crippen molar-refractivity contribution in [3.63, 3.8) is 0 Å². The third kappa shape index (κ3) is 3.76. The fourth-order valence-electron chi connectivity index (χ4n) is 3.12. The van der Waals surface area contributed by atoms with E-state index >= 15 is 0 Å². The summed E-state index contributed by atoms with van der Waals surface area (Å²) in [6.07, 6.45) is 1.50. The second kappa shape index (κ2) is 7.91. The largest absolute Gasteiger partial charge is 0.378 e. The number of nitrogens with one attached hydrogen (secondary N) is 1. The average Bonchev–Trinajstić information content (AvgIpc) is 2.70. The normalized spacial score (nSPS) is 14.3. The Morgan fingerprint density at radius 3 is 2.68 bits per heavy atom. The molecule has 28 heavy (non-hydrogen) atoms. The maximum absolute atomic E-state index is 14.0. The number of rotatable bonds is 3. The Morgan fingerprint density at radius 2 is 1.93 bits per heavy atom. The first-order chi connectivity index (χ1) is 13.5. The molecule has 1 fully saturated rings. The first-order valence-corrected chi connectivity index (χ1v) is 9.46. The summed E-state index contributed by atoms with van der Waals surface area (Å²) in [4.78, 5) is 19.2. The van der Waals surface area contributed by atoms with Crippen LogP contribution in [-0.2, 0) is 4.74 Å². The van der Waals surface area contributed by atoms with Gasteiger partial charge >= 0.3 is 0 Å². The first-order valence-electron chi connectivity index (χ1n) is 8.70. The lowest BCUT2D eigenvalue weighted by Gasteiger charge is -2.28. The highest BCUT2D eigenvalue weighted by atomic mass is 35.5. The van der Waals surface area contributed by atoms with Crippen molar-refractivity contribution in [2.45, 2.75) is 0 Å². The number of hydrogen-bond donors (Lipinski definition) is 1. The molecular weight excluding hydrogens is 404 g/mol. The maximum Gasteiger partial charge on any atom is 0.257 e. The van der Waals surface area contributed by atoms with Gasteiger partial charge in [0.15, 0.2) is 0 Å². The van der Waals surface area contributed by atoms with Gasteiger partial charge in [-0.2, -0.15) is 0 Å². The van der Waals surface area contributed by atoms with E-state index in [2.05, 4.69) is 10.3 Å². The maximum atomic E-state index is 14.0.